The van der Waals surface area contributed by atoms with Crippen molar-refractivity contribution in [1.82, 2.24) is 0 Å². The van der Waals surface area contributed by atoms with Gasteiger partial charge in [0.15, 0.2) is 6.29 Å². The van der Waals surface area contributed by atoms with Crippen LogP contribution in [0.5, 0.6) is 0 Å². The van der Waals surface area contributed by atoms with Gasteiger partial charge in [0.25, 0.3) is 0 Å². The molecule has 0 spiro atoms. The van der Waals surface area contributed by atoms with Crippen molar-refractivity contribution >= 4 is 8.07 Å². The van der Waals surface area contributed by atoms with Gasteiger partial charge in [-0.05, 0) is 6.42 Å². The molecular weight excluding hydrogens is 442 g/mol. The van der Waals surface area contributed by atoms with E-state index in [1.165, 1.54) is 6.04 Å². The fraction of sp³-hybridized carbons (Fsp3) is 0.571. The Morgan fingerprint density at radius 2 is 0.840 bits per heavy atom. The van der Waals surface area contributed by atoms with E-state index in [1.807, 2.05) is 0 Å². The number of hydrogen-bond acceptors (Lipinski definition) is 2. The number of hydrogen-bond donors (Lipinski definition) is 0. The van der Waals surface area contributed by atoms with Crippen LogP contribution in [0, 0.1) is 39.9 Å². The first-order chi connectivity index (χ1) is 11.0. The third-order valence-corrected chi connectivity index (χ3v) is 3.44. The van der Waals surface area contributed by atoms with Gasteiger partial charge in [-0.2, -0.15) is 0 Å². The maximum absolute atomic E-state index is 7.50. The van der Waals surface area contributed by atoms with E-state index in [2.05, 4.69) is 59.5 Å². The van der Waals surface area contributed by atoms with Gasteiger partial charge < -0.3 is 9.47 Å². The Bertz CT molecular complexity index is 255. The van der Waals surface area contributed by atoms with Crippen LogP contribution in [0.3, 0.4) is 0 Å². The van der Waals surface area contributed by atoms with Crippen LogP contribution in [0.4, 0.5) is 0 Å². The second-order valence-corrected chi connectivity index (χ2v) is 9.62. The average molecular weight is 462 g/mol. The van der Waals surface area contributed by atoms with Crippen molar-refractivity contribution in [3.8, 4) is 0 Å². The van der Waals surface area contributed by atoms with Crippen LogP contribution in [0.15, 0.2) is 0 Å². The molecule has 0 rings (SSSR count). The van der Waals surface area contributed by atoms with Gasteiger partial charge in [0, 0.05) is 55.9 Å². The molecule has 0 heterocycles. The van der Waals surface area contributed by atoms with Crippen LogP contribution >= 0.6 is 0 Å². The molecule has 0 aromatic rings. The zero-order valence-corrected chi connectivity index (χ0v) is 17.5. The summed E-state index contributed by atoms with van der Waals surface area (Å²) in [5.74, 6) is 0. The Labute approximate surface area is 171 Å². The Morgan fingerprint density at radius 3 is 0.960 bits per heavy atom. The molecule has 0 aliphatic carbocycles. The van der Waals surface area contributed by atoms with Crippen molar-refractivity contribution < 1.29 is 70.9 Å². The summed E-state index contributed by atoms with van der Waals surface area (Å²) in [6, 6.07) is 1.26. The zero-order valence-electron chi connectivity index (χ0n) is 14.4. The molecular formula is C14H20Co2O8Si. The first-order valence-electron chi connectivity index (χ1n) is 5.27. The molecule has 0 saturated heterocycles. The fourth-order valence-corrected chi connectivity index (χ4v) is 1.98. The molecule has 146 valence electrons. The molecule has 0 bridgehead atoms. The van der Waals surface area contributed by atoms with Gasteiger partial charge in [0.1, 0.15) is 0 Å². The van der Waals surface area contributed by atoms with Crippen LogP contribution in [0.2, 0.25) is 25.7 Å². The van der Waals surface area contributed by atoms with Crippen molar-refractivity contribution in [2.75, 3.05) is 14.2 Å². The second kappa shape index (κ2) is 75.9. The first-order valence-corrected chi connectivity index (χ1v) is 8.98. The molecule has 0 amide bonds. The van der Waals surface area contributed by atoms with Crippen LogP contribution < -0.4 is 0 Å². The number of ether oxygens (including phenoxy) is 2. The number of rotatable bonds is 5. The van der Waals surface area contributed by atoms with Crippen molar-refractivity contribution in [3.63, 3.8) is 0 Å². The van der Waals surface area contributed by atoms with Crippen LogP contribution in [-0.4, -0.2) is 28.6 Å². The molecule has 0 aliphatic heterocycles. The average Bonchev–Trinajstić information content (AvgIpc) is 2.65. The molecule has 25 heavy (non-hydrogen) atoms. The smallest absolute Gasteiger partial charge is 0 e. The van der Waals surface area contributed by atoms with Gasteiger partial charge in [-0.15, -0.1) is 0 Å². The van der Waals surface area contributed by atoms with Crippen LogP contribution in [0.25, 0.3) is 0 Å². The molecule has 0 aliphatic rings. The van der Waals surface area contributed by atoms with Crippen molar-refractivity contribution in [2.45, 2.75) is 38.4 Å². The van der Waals surface area contributed by atoms with Gasteiger partial charge in [-0.1, -0.05) is 25.7 Å². The third kappa shape index (κ3) is 120. The molecule has 0 atom stereocenters. The Balaban J connectivity index is -0.0000000223. The molecule has 8 nitrogen and oxygen atoms in total. The van der Waals surface area contributed by atoms with E-state index in [4.69, 9.17) is 37.4 Å². The van der Waals surface area contributed by atoms with Crippen LogP contribution in [0.1, 0.15) is 6.42 Å². The minimum Gasteiger partial charge on any atom is 0 e. The maximum atomic E-state index is 7.50. The minimum absolute atomic E-state index is 0. The molecule has 0 N–H and O–H groups in total. The standard InChI is InChI=1S/C8H20O2Si.6CO.2Co/c1-9-8(10-2)6-7-11(3,4)5;6*1-2;;/h8H,6-7H2,1-5H3;;;;;;;;. The second-order valence-electron chi connectivity index (χ2n) is 4.00. The van der Waals surface area contributed by atoms with E-state index in [-0.39, 0.29) is 39.8 Å². The Hall–Kier alpha value is -0.410. The zero-order chi connectivity index (χ0) is 20.9. The molecule has 0 aromatic carbocycles. The molecule has 0 unspecified atom stereocenters. The van der Waals surface area contributed by atoms with Gasteiger partial charge in [-0.25, -0.2) is 0 Å². The van der Waals surface area contributed by atoms with Crippen molar-refractivity contribution in [3.05, 3.63) is 39.9 Å². The topological polar surface area (TPSA) is 138 Å². The van der Waals surface area contributed by atoms with Crippen LogP contribution in [-0.2, 0) is 70.9 Å². The van der Waals surface area contributed by atoms with Crippen molar-refractivity contribution in [2.24, 2.45) is 0 Å². The SMILES string of the molecule is COC(CC[Si](C)(C)C)OC.[C-]#[O+].[C-]#[O+].[C-]#[O+].[C-]#[O+].[C-]#[O+].[C-]#[O+].[Co].[Co]. The number of methoxy groups -OCH3 is 2. The molecule has 0 fully saturated rings. The monoisotopic (exact) mass is 462 g/mol. The molecule has 2 radical (unpaired) electrons. The molecule has 0 aromatic heterocycles. The third-order valence-electron chi connectivity index (χ3n) is 1.66. The summed E-state index contributed by atoms with van der Waals surface area (Å²) >= 11 is 0. The predicted octanol–water partition coefficient (Wildman–Crippen LogP) is 2.10. The summed E-state index contributed by atoms with van der Waals surface area (Å²) in [6.07, 6.45) is 1.03. The summed E-state index contributed by atoms with van der Waals surface area (Å²) in [5, 5.41) is 0. The quantitative estimate of drug-likeness (QED) is 0.267. The van der Waals surface area contributed by atoms with E-state index in [1.54, 1.807) is 14.2 Å². The van der Waals surface area contributed by atoms with Gasteiger partial charge in [0.2, 0.25) is 0 Å². The Kier molecular flexibility index (Phi) is 171. The van der Waals surface area contributed by atoms with Crippen molar-refractivity contribution in [1.29, 1.82) is 0 Å². The van der Waals surface area contributed by atoms with E-state index < -0.39 is 8.07 Å². The fourth-order valence-electron chi connectivity index (χ4n) is 0.883. The van der Waals surface area contributed by atoms with E-state index in [9.17, 15) is 0 Å². The summed E-state index contributed by atoms with van der Waals surface area (Å²) < 4.78 is 55.2. The van der Waals surface area contributed by atoms with E-state index >= 15 is 0 Å². The largest absolute Gasteiger partial charge is 0 e. The summed E-state index contributed by atoms with van der Waals surface area (Å²) in [4.78, 5) is 0. The predicted molar refractivity (Wildman–Crippen MR) is 74.2 cm³/mol. The maximum Gasteiger partial charge on any atom is 0 e. The normalized spacial score (nSPS) is 6.00. The molecule has 0 saturated carbocycles. The van der Waals surface area contributed by atoms with Gasteiger partial charge in [-0.3, -0.25) is 0 Å². The Morgan fingerprint density at radius 1 is 0.640 bits per heavy atom. The van der Waals surface area contributed by atoms with E-state index in [0.717, 1.165) is 6.42 Å². The minimum atomic E-state index is -0.913. The first kappa shape index (κ1) is 56.3. The summed E-state index contributed by atoms with van der Waals surface area (Å²) in [5.41, 5.74) is 0. The summed E-state index contributed by atoms with van der Waals surface area (Å²) in [7, 11) is 2.47. The van der Waals surface area contributed by atoms with E-state index in [0.29, 0.717) is 0 Å². The molecule has 11 heteroatoms. The van der Waals surface area contributed by atoms with Gasteiger partial charge >= 0.3 is 67.8 Å². The van der Waals surface area contributed by atoms with Gasteiger partial charge in [0.05, 0.1) is 0 Å². The summed E-state index contributed by atoms with van der Waals surface area (Å²) in [6.45, 7) is 34.1.